The van der Waals surface area contributed by atoms with E-state index < -0.39 is 0 Å². The van der Waals surface area contributed by atoms with Crippen LogP contribution in [-0.4, -0.2) is 40.3 Å². The van der Waals surface area contributed by atoms with Gasteiger partial charge in [-0.25, -0.2) is 9.97 Å². The lowest BCUT2D eigenvalue weighted by atomic mass is 9.95. The zero-order chi connectivity index (χ0) is 15.2. The Labute approximate surface area is 126 Å². The van der Waals surface area contributed by atoms with Crippen LogP contribution in [0.3, 0.4) is 0 Å². The fourth-order valence-corrected chi connectivity index (χ4v) is 3.55. The minimum absolute atomic E-state index is 0.0735. The summed E-state index contributed by atoms with van der Waals surface area (Å²) >= 11 is 0. The molecule has 5 heteroatoms. The maximum atomic E-state index is 9.97. The molecule has 0 aromatic carbocycles. The zero-order valence-corrected chi connectivity index (χ0v) is 13.4. The fourth-order valence-electron chi connectivity index (χ4n) is 3.55. The molecule has 3 heterocycles. The molecule has 5 nitrogen and oxygen atoms in total. The summed E-state index contributed by atoms with van der Waals surface area (Å²) in [6.07, 6.45) is 3.89. The molecule has 2 aliphatic heterocycles. The quantitative estimate of drug-likeness (QED) is 0.875. The molecule has 2 saturated heterocycles. The molecular weight excluding hydrogens is 264 g/mol. The van der Waals surface area contributed by atoms with E-state index in [9.17, 15) is 5.11 Å². The average Bonchev–Trinajstić information content (AvgIpc) is 2.69. The van der Waals surface area contributed by atoms with Gasteiger partial charge in [0.05, 0.1) is 6.10 Å². The van der Waals surface area contributed by atoms with Crippen molar-refractivity contribution in [1.82, 2.24) is 9.97 Å². The molecule has 0 radical (unpaired) electrons. The van der Waals surface area contributed by atoms with Gasteiger partial charge in [0.25, 0.3) is 0 Å². The van der Waals surface area contributed by atoms with Crippen LogP contribution in [0.2, 0.25) is 0 Å². The first kappa shape index (κ1) is 14.6. The van der Waals surface area contributed by atoms with Crippen LogP contribution in [-0.2, 0) is 5.41 Å². The Morgan fingerprint density at radius 3 is 2.33 bits per heavy atom. The van der Waals surface area contributed by atoms with Crippen molar-refractivity contribution in [2.75, 3.05) is 17.3 Å². The molecular formula is C16H26N4O. The van der Waals surface area contributed by atoms with Gasteiger partial charge in [-0.2, -0.15) is 0 Å². The first-order chi connectivity index (χ1) is 9.88. The van der Waals surface area contributed by atoms with E-state index in [0.717, 1.165) is 43.1 Å². The van der Waals surface area contributed by atoms with E-state index in [2.05, 4.69) is 36.0 Å². The van der Waals surface area contributed by atoms with Crippen molar-refractivity contribution >= 4 is 11.6 Å². The number of nitrogens with zero attached hydrogens (tertiary/aromatic N) is 3. The predicted molar refractivity (Wildman–Crippen MR) is 84.8 cm³/mol. The Balaban J connectivity index is 1.99. The standard InChI is InChI=1S/C16H26N4O/c1-16(2,3)15-18-13(17-4)9-14(19-15)20-10-5-6-11(20)8-12(21)7-10/h9-12,21H,5-8H2,1-4H3,(H,17,18,19). The van der Waals surface area contributed by atoms with Gasteiger partial charge in [0, 0.05) is 30.6 Å². The van der Waals surface area contributed by atoms with E-state index in [-0.39, 0.29) is 11.5 Å². The number of anilines is 2. The molecule has 0 saturated carbocycles. The summed E-state index contributed by atoms with van der Waals surface area (Å²) in [7, 11) is 1.90. The van der Waals surface area contributed by atoms with Gasteiger partial charge in [0.2, 0.25) is 0 Å². The van der Waals surface area contributed by atoms with E-state index in [4.69, 9.17) is 4.98 Å². The molecule has 2 unspecified atom stereocenters. The normalized spacial score (nSPS) is 28.8. The van der Waals surface area contributed by atoms with E-state index in [0.29, 0.717) is 12.1 Å². The van der Waals surface area contributed by atoms with Crippen molar-refractivity contribution in [2.24, 2.45) is 0 Å². The van der Waals surface area contributed by atoms with Crippen LogP contribution in [0, 0.1) is 0 Å². The van der Waals surface area contributed by atoms with Gasteiger partial charge in [-0.05, 0) is 25.7 Å². The molecule has 21 heavy (non-hydrogen) atoms. The molecule has 2 atom stereocenters. The summed E-state index contributed by atoms with van der Waals surface area (Å²) < 4.78 is 0. The zero-order valence-electron chi connectivity index (χ0n) is 13.4. The number of aliphatic hydroxyl groups excluding tert-OH is 1. The van der Waals surface area contributed by atoms with Crippen LogP contribution in [0.1, 0.15) is 52.3 Å². The van der Waals surface area contributed by atoms with Gasteiger partial charge in [0.1, 0.15) is 17.5 Å². The topological polar surface area (TPSA) is 61.3 Å². The number of aliphatic hydroxyl groups is 1. The molecule has 2 N–H and O–H groups in total. The summed E-state index contributed by atoms with van der Waals surface area (Å²) in [5, 5.41) is 13.1. The molecule has 0 spiro atoms. The van der Waals surface area contributed by atoms with E-state index in [1.807, 2.05) is 13.1 Å². The summed E-state index contributed by atoms with van der Waals surface area (Å²) in [4.78, 5) is 11.9. The minimum Gasteiger partial charge on any atom is -0.393 e. The van der Waals surface area contributed by atoms with E-state index in [1.54, 1.807) is 0 Å². The number of rotatable bonds is 2. The van der Waals surface area contributed by atoms with Gasteiger partial charge < -0.3 is 15.3 Å². The number of fused-ring (bicyclic) bond motifs is 2. The number of piperidine rings is 1. The van der Waals surface area contributed by atoms with Crippen molar-refractivity contribution in [3.63, 3.8) is 0 Å². The molecule has 0 amide bonds. The van der Waals surface area contributed by atoms with Crippen molar-refractivity contribution < 1.29 is 5.11 Å². The highest BCUT2D eigenvalue weighted by Crippen LogP contribution is 2.39. The number of hydrogen-bond acceptors (Lipinski definition) is 5. The van der Waals surface area contributed by atoms with Gasteiger partial charge in [-0.15, -0.1) is 0 Å². The summed E-state index contributed by atoms with van der Waals surface area (Å²) in [5.74, 6) is 2.75. The van der Waals surface area contributed by atoms with Crippen molar-refractivity contribution in [3.05, 3.63) is 11.9 Å². The van der Waals surface area contributed by atoms with Crippen LogP contribution in [0.25, 0.3) is 0 Å². The third-order valence-electron chi connectivity index (χ3n) is 4.61. The lowest BCUT2D eigenvalue weighted by Crippen LogP contribution is -2.45. The Hall–Kier alpha value is -1.36. The number of aromatic nitrogens is 2. The lowest BCUT2D eigenvalue weighted by Gasteiger charge is -2.38. The van der Waals surface area contributed by atoms with Gasteiger partial charge >= 0.3 is 0 Å². The smallest absolute Gasteiger partial charge is 0.138 e. The summed E-state index contributed by atoms with van der Waals surface area (Å²) in [6.45, 7) is 6.42. The highest BCUT2D eigenvalue weighted by Gasteiger charge is 2.41. The molecule has 2 aliphatic rings. The SMILES string of the molecule is CNc1cc(N2C3CCC2CC(O)C3)nc(C(C)(C)C)n1. The van der Waals surface area contributed by atoms with Gasteiger partial charge in [0.15, 0.2) is 0 Å². The van der Waals surface area contributed by atoms with Gasteiger partial charge in [-0.3, -0.25) is 0 Å². The van der Waals surface area contributed by atoms with Gasteiger partial charge in [-0.1, -0.05) is 20.8 Å². The molecule has 1 aromatic rings. The van der Waals surface area contributed by atoms with Crippen LogP contribution in [0.4, 0.5) is 11.6 Å². The largest absolute Gasteiger partial charge is 0.393 e. The Morgan fingerprint density at radius 1 is 1.19 bits per heavy atom. The van der Waals surface area contributed by atoms with Crippen molar-refractivity contribution in [3.8, 4) is 0 Å². The molecule has 1 aromatic heterocycles. The fraction of sp³-hybridized carbons (Fsp3) is 0.750. The minimum atomic E-state index is -0.147. The number of hydrogen-bond donors (Lipinski definition) is 2. The lowest BCUT2D eigenvalue weighted by molar-refractivity contribution is 0.126. The Kier molecular flexibility index (Phi) is 3.56. The second kappa shape index (κ2) is 5.13. The van der Waals surface area contributed by atoms with E-state index in [1.165, 1.54) is 0 Å². The van der Waals surface area contributed by atoms with Crippen LogP contribution >= 0.6 is 0 Å². The second-order valence-electron chi connectivity index (χ2n) is 7.35. The highest BCUT2D eigenvalue weighted by molar-refractivity contribution is 5.52. The first-order valence-corrected chi connectivity index (χ1v) is 7.92. The second-order valence-corrected chi connectivity index (χ2v) is 7.35. The van der Waals surface area contributed by atoms with Crippen molar-refractivity contribution in [1.29, 1.82) is 0 Å². The maximum absolute atomic E-state index is 9.97. The Morgan fingerprint density at radius 2 is 1.81 bits per heavy atom. The predicted octanol–water partition coefficient (Wildman–Crippen LogP) is 2.31. The highest BCUT2D eigenvalue weighted by atomic mass is 16.3. The molecule has 3 rings (SSSR count). The monoisotopic (exact) mass is 290 g/mol. The molecule has 2 fully saturated rings. The maximum Gasteiger partial charge on any atom is 0.138 e. The van der Waals surface area contributed by atoms with Crippen LogP contribution in [0.15, 0.2) is 6.07 Å². The van der Waals surface area contributed by atoms with Crippen LogP contribution in [0.5, 0.6) is 0 Å². The first-order valence-electron chi connectivity index (χ1n) is 7.92. The molecule has 0 aliphatic carbocycles. The summed E-state index contributed by atoms with van der Waals surface area (Å²) in [6, 6.07) is 2.88. The number of nitrogens with one attached hydrogen (secondary N) is 1. The summed E-state index contributed by atoms with van der Waals surface area (Å²) in [5.41, 5.74) is -0.0735. The van der Waals surface area contributed by atoms with Crippen molar-refractivity contribution in [2.45, 2.75) is 70.1 Å². The molecule has 116 valence electrons. The molecule has 2 bridgehead atoms. The Bertz CT molecular complexity index is 511. The van der Waals surface area contributed by atoms with Crippen LogP contribution < -0.4 is 10.2 Å². The third kappa shape index (κ3) is 2.71. The van der Waals surface area contributed by atoms with E-state index >= 15 is 0 Å². The third-order valence-corrected chi connectivity index (χ3v) is 4.61. The average molecular weight is 290 g/mol.